The molecule has 0 aliphatic carbocycles. The van der Waals surface area contributed by atoms with Crippen molar-refractivity contribution in [3.8, 4) is 0 Å². The Morgan fingerprint density at radius 2 is 2.11 bits per heavy atom. The lowest BCUT2D eigenvalue weighted by Gasteiger charge is -2.07. The summed E-state index contributed by atoms with van der Waals surface area (Å²) in [5.74, 6) is -0.581. The normalized spacial score (nSPS) is 10.7. The van der Waals surface area contributed by atoms with E-state index in [1.165, 1.54) is 12.1 Å². The van der Waals surface area contributed by atoms with Crippen LogP contribution in [0.3, 0.4) is 0 Å². The number of nitrogen functional groups attached to an aromatic ring is 1. The van der Waals surface area contributed by atoms with Crippen LogP contribution in [0, 0.1) is 25.1 Å². The van der Waals surface area contributed by atoms with Crippen molar-refractivity contribution in [3.05, 3.63) is 51.6 Å². The van der Waals surface area contributed by atoms with E-state index in [0.717, 1.165) is 11.4 Å². The monoisotopic (exact) mass is 280 g/mol. The molecule has 0 saturated carbocycles. The Morgan fingerprint density at radius 1 is 1.42 bits per heavy atom. The Bertz CT molecular complexity index is 648. The van der Waals surface area contributed by atoms with Gasteiger partial charge in [0, 0.05) is 5.56 Å². The summed E-state index contributed by atoms with van der Waals surface area (Å²) in [6, 6.07) is 4.31. The summed E-state index contributed by atoms with van der Waals surface area (Å²) in [5, 5.41) is 12.3. The van der Waals surface area contributed by atoms with Crippen LogP contribution in [-0.4, -0.2) is 15.6 Å². The third kappa shape index (κ3) is 2.76. The highest BCUT2D eigenvalue weighted by molar-refractivity contribution is 6.31. The number of amidine groups is 1. The van der Waals surface area contributed by atoms with Crippen LogP contribution in [0.25, 0.3) is 0 Å². The summed E-state index contributed by atoms with van der Waals surface area (Å²) >= 11 is 6.07. The minimum absolute atomic E-state index is 0.160. The number of halogens is 2. The van der Waals surface area contributed by atoms with E-state index in [1.807, 2.05) is 13.8 Å². The van der Waals surface area contributed by atoms with Crippen molar-refractivity contribution in [2.75, 3.05) is 0 Å². The highest BCUT2D eigenvalue weighted by atomic mass is 35.5. The zero-order chi connectivity index (χ0) is 14.2. The topological polar surface area (TPSA) is 67.7 Å². The molecule has 0 radical (unpaired) electrons. The van der Waals surface area contributed by atoms with Gasteiger partial charge in [-0.2, -0.15) is 5.10 Å². The van der Waals surface area contributed by atoms with Gasteiger partial charge in [-0.1, -0.05) is 11.6 Å². The van der Waals surface area contributed by atoms with E-state index in [4.69, 9.17) is 22.7 Å². The first kappa shape index (κ1) is 13.5. The second-order valence-corrected chi connectivity index (χ2v) is 4.78. The fourth-order valence-corrected chi connectivity index (χ4v) is 2.03. The number of nitrogens with zero attached hydrogens (tertiary/aromatic N) is 2. The minimum atomic E-state index is -0.421. The van der Waals surface area contributed by atoms with Crippen molar-refractivity contribution in [3.63, 3.8) is 0 Å². The molecule has 0 aliphatic rings. The van der Waals surface area contributed by atoms with Gasteiger partial charge in [0.25, 0.3) is 0 Å². The summed E-state index contributed by atoms with van der Waals surface area (Å²) in [6.45, 7) is 4.06. The second kappa shape index (κ2) is 5.01. The first-order valence-electron chi connectivity index (χ1n) is 5.72. The number of hydrogen-bond acceptors (Lipinski definition) is 2. The van der Waals surface area contributed by atoms with Crippen LogP contribution in [0.1, 0.15) is 22.5 Å². The lowest BCUT2D eigenvalue weighted by molar-refractivity contribution is 0.615. The molecule has 1 aromatic carbocycles. The van der Waals surface area contributed by atoms with Crippen LogP contribution < -0.4 is 5.73 Å². The molecule has 0 fully saturated rings. The van der Waals surface area contributed by atoms with E-state index in [2.05, 4.69) is 5.10 Å². The summed E-state index contributed by atoms with van der Waals surface area (Å²) in [5.41, 5.74) is 7.99. The number of hydrogen-bond donors (Lipinski definition) is 2. The lowest BCUT2D eigenvalue weighted by atomic mass is 10.1. The van der Waals surface area contributed by atoms with Gasteiger partial charge in [0.05, 0.1) is 23.0 Å². The summed E-state index contributed by atoms with van der Waals surface area (Å²) in [6.07, 6.45) is 0. The maximum Gasteiger partial charge on any atom is 0.124 e. The molecule has 1 aromatic heterocycles. The molecular weight excluding hydrogens is 267 g/mol. The molecule has 6 heteroatoms. The van der Waals surface area contributed by atoms with Gasteiger partial charge in [0.2, 0.25) is 0 Å². The third-order valence-electron chi connectivity index (χ3n) is 2.89. The lowest BCUT2D eigenvalue weighted by Crippen LogP contribution is -2.13. The van der Waals surface area contributed by atoms with Crippen LogP contribution in [0.2, 0.25) is 5.02 Å². The predicted octanol–water partition coefficient (Wildman–Crippen LogP) is 2.62. The van der Waals surface area contributed by atoms with Crippen LogP contribution >= 0.6 is 11.6 Å². The van der Waals surface area contributed by atoms with E-state index >= 15 is 0 Å². The SMILES string of the molecule is Cc1nn(Cc2cc(F)cc(C(=N)N)c2)c(C)c1Cl. The van der Waals surface area contributed by atoms with Gasteiger partial charge < -0.3 is 5.73 Å². The molecule has 19 heavy (non-hydrogen) atoms. The third-order valence-corrected chi connectivity index (χ3v) is 3.44. The molecule has 0 bridgehead atoms. The highest BCUT2D eigenvalue weighted by Crippen LogP contribution is 2.20. The molecule has 0 unspecified atom stereocenters. The summed E-state index contributed by atoms with van der Waals surface area (Å²) < 4.78 is 15.2. The van der Waals surface area contributed by atoms with E-state index in [0.29, 0.717) is 22.7 Å². The molecular formula is C13H14ClFN4. The predicted molar refractivity (Wildman–Crippen MR) is 73.2 cm³/mol. The van der Waals surface area contributed by atoms with Gasteiger partial charge in [-0.25, -0.2) is 4.39 Å². The van der Waals surface area contributed by atoms with Crippen molar-refractivity contribution in [2.45, 2.75) is 20.4 Å². The molecule has 0 spiro atoms. The van der Waals surface area contributed by atoms with Crippen molar-refractivity contribution >= 4 is 17.4 Å². The van der Waals surface area contributed by atoms with E-state index < -0.39 is 5.82 Å². The first-order chi connectivity index (χ1) is 8.88. The molecule has 0 amide bonds. The van der Waals surface area contributed by atoms with Gasteiger partial charge in [0.1, 0.15) is 11.7 Å². The Labute approximate surface area is 115 Å². The largest absolute Gasteiger partial charge is 0.384 e. The zero-order valence-electron chi connectivity index (χ0n) is 10.7. The van der Waals surface area contributed by atoms with E-state index in [-0.39, 0.29) is 5.84 Å². The van der Waals surface area contributed by atoms with Gasteiger partial charge in [-0.3, -0.25) is 10.1 Å². The Balaban J connectivity index is 2.38. The number of nitrogens with one attached hydrogen (secondary N) is 1. The highest BCUT2D eigenvalue weighted by Gasteiger charge is 2.10. The number of aryl methyl sites for hydroxylation is 1. The smallest absolute Gasteiger partial charge is 0.124 e. The van der Waals surface area contributed by atoms with E-state index in [9.17, 15) is 4.39 Å². The molecule has 3 N–H and O–H groups in total. The van der Waals surface area contributed by atoms with Gasteiger partial charge in [-0.05, 0) is 37.6 Å². The summed E-state index contributed by atoms with van der Waals surface area (Å²) in [7, 11) is 0. The zero-order valence-corrected chi connectivity index (χ0v) is 11.4. The van der Waals surface area contributed by atoms with Crippen LogP contribution in [-0.2, 0) is 6.54 Å². The standard InChI is InChI=1S/C13H14ClFN4/c1-7-12(14)8(2)19(18-7)6-9-3-10(13(16)17)5-11(15)4-9/h3-5H,6H2,1-2H3,(H3,16,17). The average molecular weight is 281 g/mol. The summed E-state index contributed by atoms with van der Waals surface area (Å²) in [4.78, 5) is 0. The second-order valence-electron chi connectivity index (χ2n) is 4.40. The van der Waals surface area contributed by atoms with Crippen LogP contribution in [0.15, 0.2) is 18.2 Å². The molecule has 1 heterocycles. The first-order valence-corrected chi connectivity index (χ1v) is 6.09. The molecule has 0 saturated heterocycles. The Morgan fingerprint density at radius 3 is 2.63 bits per heavy atom. The molecule has 0 atom stereocenters. The molecule has 100 valence electrons. The number of benzene rings is 1. The minimum Gasteiger partial charge on any atom is -0.384 e. The number of nitrogens with two attached hydrogens (primary N) is 1. The van der Waals surface area contributed by atoms with Crippen molar-refractivity contribution in [1.29, 1.82) is 5.41 Å². The van der Waals surface area contributed by atoms with E-state index in [1.54, 1.807) is 10.7 Å². The van der Waals surface area contributed by atoms with Crippen molar-refractivity contribution in [1.82, 2.24) is 9.78 Å². The maximum atomic E-state index is 13.5. The molecule has 0 aliphatic heterocycles. The van der Waals surface area contributed by atoms with Crippen LogP contribution in [0.5, 0.6) is 0 Å². The van der Waals surface area contributed by atoms with Crippen molar-refractivity contribution in [2.24, 2.45) is 5.73 Å². The van der Waals surface area contributed by atoms with Crippen molar-refractivity contribution < 1.29 is 4.39 Å². The number of rotatable bonds is 3. The van der Waals surface area contributed by atoms with Crippen LogP contribution in [0.4, 0.5) is 4.39 Å². The number of aromatic nitrogens is 2. The van der Waals surface area contributed by atoms with Gasteiger partial charge >= 0.3 is 0 Å². The quantitative estimate of drug-likeness (QED) is 0.670. The fraction of sp³-hybridized carbons (Fsp3) is 0.231. The average Bonchev–Trinajstić information content (AvgIpc) is 2.56. The molecule has 2 aromatic rings. The molecule has 4 nitrogen and oxygen atoms in total. The van der Waals surface area contributed by atoms with Gasteiger partial charge in [0.15, 0.2) is 0 Å². The fourth-order valence-electron chi connectivity index (χ4n) is 1.90. The maximum absolute atomic E-state index is 13.5. The van der Waals surface area contributed by atoms with Gasteiger partial charge in [-0.15, -0.1) is 0 Å². The molecule has 2 rings (SSSR count). The Kier molecular flexibility index (Phi) is 3.57. The Hall–Kier alpha value is -1.88.